The molecule has 10 nitrogen and oxygen atoms in total. The van der Waals surface area contributed by atoms with Gasteiger partial charge >= 0.3 is 0 Å². The summed E-state index contributed by atoms with van der Waals surface area (Å²) < 4.78 is 5.19. The Hall–Kier alpha value is -1.46. The predicted octanol–water partition coefficient (Wildman–Crippen LogP) is -2.00. The SMILES string of the molecule is CC.COC(=C[N+](=O)[O-])N1C2NC3NC4NC3NC2NC41. The molecule has 5 N–H and O–H groups in total. The maximum absolute atomic E-state index is 10.7. The highest BCUT2D eigenvalue weighted by atomic mass is 16.6. The smallest absolute Gasteiger partial charge is 0.293 e. The van der Waals surface area contributed by atoms with E-state index in [0.29, 0.717) is 0 Å². The van der Waals surface area contributed by atoms with Gasteiger partial charge in [-0.05, 0) is 0 Å². The highest BCUT2D eigenvalue weighted by Crippen LogP contribution is 2.30. The monoisotopic (exact) mass is 299 g/mol. The minimum absolute atomic E-state index is 0.00203. The molecule has 6 unspecified atom stereocenters. The molecule has 0 saturated carbocycles. The van der Waals surface area contributed by atoms with Gasteiger partial charge in [-0.25, -0.2) is 0 Å². The van der Waals surface area contributed by atoms with Gasteiger partial charge in [0.05, 0.1) is 36.7 Å². The number of nitro groups is 1. The van der Waals surface area contributed by atoms with Crippen molar-refractivity contribution in [2.24, 2.45) is 0 Å². The van der Waals surface area contributed by atoms with E-state index in [4.69, 9.17) is 4.74 Å². The second kappa shape index (κ2) is 5.39. The van der Waals surface area contributed by atoms with Crippen molar-refractivity contribution in [3.63, 3.8) is 0 Å². The van der Waals surface area contributed by atoms with Gasteiger partial charge in [-0.3, -0.25) is 36.7 Å². The van der Waals surface area contributed by atoms with E-state index >= 15 is 0 Å². The van der Waals surface area contributed by atoms with Crippen molar-refractivity contribution in [1.29, 1.82) is 0 Å². The third-order valence-electron chi connectivity index (χ3n) is 4.02. The largest absolute Gasteiger partial charge is 0.478 e. The van der Waals surface area contributed by atoms with Crippen LogP contribution in [0.3, 0.4) is 0 Å². The summed E-state index contributed by atoms with van der Waals surface area (Å²) in [6.07, 6.45) is 0.986. The zero-order valence-corrected chi connectivity index (χ0v) is 12.2. The topological polar surface area (TPSA) is 116 Å². The molecule has 5 saturated heterocycles. The second-order valence-electron chi connectivity index (χ2n) is 5.00. The van der Waals surface area contributed by atoms with Crippen LogP contribution in [0.5, 0.6) is 0 Å². The predicted molar refractivity (Wildman–Crippen MR) is 73.7 cm³/mol. The number of hydrogen-bond acceptors (Lipinski definition) is 9. The number of methoxy groups -OCH3 is 1. The molecule has 21 heavy (non-hydrogen) atoms. The molecule has 0 aromatic rings. The van der Waals surface area contributed by atoms with Crippen LogP contribution in [0.4, 0.5) is 0 Å². The molecule has 5 aliphatic rings. The van der Waals surface area contributed by atoms with Crippen LogP contribution in [0, 0.1) is 10.1 Å². The highest BCUT2D eigenvalue weighted by molar-refractivity contribution is 5.16. The fourth-order valence-electron chi connectivity index (χ4n) is 3.33. The van der Waals surface area contributed by atoms with Gasteiger partial charge in [0.25, 0.3) is 12.1 Å². The lowest BCUT2D eigenvalue weighted by Gasteiger charge is -2.40. The van der Waals surface area contributed by atoms with E-state index in [2.05, 4.69) is 26.6 Å². The summed E-state index contributed by atoms with van der Waals surface area (Å²) >= 11 is 0. The minimum Gasteiger partial charge on any atom is -0.478 e. The second-order valence-corrected chi connectivity index (χ2v) is 5.00. The molecule has 5 aliphatic heterocycles. The molecule has 10 heteroatoms. The van der Waals surface area contributed by atoms with E-state index in [1.54, 1.807) is 0 Å². The van der Waals surface area contributed by atoms with Crippen LogP contribution in [-0.4, -0.2) is 53.9 Å². The van der Waals surface area contributed by atoms with Crippen LogP contribution in [0.25, 0.3) is 0 Å². The number of piperazine rings is 1. The molecule has 0 aromatic carbocycles. The number of ether oxygens (including phenoxy) is 1. The van der Waals surface area contributed by atoms with Crippen LogP contribution in [-0.2, 0) is 4.74 Å². The van der Waals surface area contributed by atoms with Crippen LogP contribution >= 0.6 is 0 Å². The average Bonchev–Trinajstić information content (AvgIpc) is 2.94. The standard InChI is InChI=1S/C9H15N7O3.C2H6/c1-19-3(2-15(17)18)16-8-6-10-4-5(12-6)13-9(16)7(11-4)14-8;1-2/h2,4-14H,1H3;1-2H3. The van der Waals surface area contributed by atoms with Gasteiger partial charge in [0, 0.05) is 0 Å². The number of nitrogens with one attached hydrogen (secondary N) is 5. The molecule has 118 valence electrons. The van der Waals surface area contributed by atoms with Gasteiger partial charge in [-0.15, -0.1) is 0 Å². The van der Waals surface area contributed by atoms with E-state index in [1.165, 1.54) is 7.11 Å². The molecule has 6 bridgehead atoms. The average molecular weight is 299 g/mol. The maximum atomic E-state index is 10.7. The first-order chi connectivity index (χ1) is 10.2. The van der Waals surface area contributed by atoms with Gasteiger partial charge in [-0.1, -0.05) is 13.8 Å². The Morgan fingerprint density at radius 2 is 1.52 bits per heavy atom. The van der Waals surface area contributed by atoms with Gasteiger partial charge in [0.2, 0.25) is 0 Å². The summed E-state index contributed by atoms with van der Waals surface area (Å²) in [6, 6.07) is 0. The fraction of sp³-hybridized carbons (Fsp3) is 0.818. The van der Waals surface area contributed by atoms with E-state index in [1.807, 2.05) is 18.7 Å². The van der Waals surface area contributed by atoms with Gasteiger partial charge in [0.15, 0.2) is 0 Å². The summed E-state index contributed by atoms with van der Waals surface area (Å²) in [7, 11) is 1.44. The Balaban J connectivity index is 0.000000636. The number of nitrogens with zero attached hydrogens (tertiary/aromatic N) is 2. The Labute approximate surface area is 122 Å². The molecule has 0 amide bonds. The summed E-state index contributed by atoms with van der Waals surface area (Å²) in [5.41, 5.74) is 0. The van der Waals surface area contributed by atoms with Crippen molar-refractivity contribution in [2.45, 2.75) is 50.8 Å². The van der Waals surface area contributed by atoms with Crippen LogP contribution in [0.1, 0.15) is 13.8 Å². The summed E-state index contributed by atoms with van der Waals surface area (Å²) in [6.45, 7) is 4.00. The van der Waals surface area contributed by atoms with E-state index < -0.39 is 4.92 Å². The molecular formula is C11H21N7O3. The quantitative estimate of drug-likeness (QED) is 0.229. The van der Waals surface area contributed by atoms with Gasteiger partial charge < -0.3 is 9.64 Å². The Kier molecular flexibility index (Phi) is 3.71. The Morgan fingerprint density at radius 3 is 2.05 bits per heavy atom. The zero-order chi connectivity index (χ0) is 15.1. The summed E-state index contributed by atoms with van der Waals surface area (Å²) in [5, 5.41) is 27.7. The molecule has 5 rings (SSSR count). The molecule has 0 spiro atoms. The summed E-state index contributed by atoms with van der Waals surface area (Å²) in [5.74, 6) is 0.235. The normalized spacial score (nSPS) is 42.6. The van der Waals surface area contributed by atoms with Crippen molar-refractivity contribution >= 4 is 0 Å². The zero-order valence-electron chi connectivity index (χ0n) is 12.2. The fourth-order valence-corrected chi connectivity index (χ4v) is 3.33. The molecule has 0 aliphatic carbocycles. The molecule has 0 aromatic heterocycles. The van der Waals surface area contributed by atoms with Gasteiger partial charge in [-0.2, -0.15) is 0 Å². The maximum Gasteiger partial charge on any atom is 0.293 e. The minimum atomic E-state index is -0.501. The van der Waals surface area contributed by atoms with E-state index in [0.717, 1.165) is 6.20 Å². The lowest BCUT2D eigenvalue weighted by atomic mass is 10.2. The Bertz CT molecular complexity index is 457. The molecule has 5 fully saturated rings. The van der Waals surface area contributed by atoms with Crippen molar-refractivity contribution < 1.29 is 9.66 Å². The van der Waals surface area contributed by atoms with E-state index in [9.17, 15) is 10.1 Å². The van der Waals surface area contributed by atoms with Crippen molar-refractivity contribution in [2.75, 3.05) is 7.11 Å². The van der Waals surface area contributed by atoms with Gasteiger partial charge in [0.1, 0.15) is 12.3 Å². The lowest BCUT2D eigenvalue weighted by Crippen LogP contribution is -2.71. The van der Waals surface area contributed by atoms with Crippen molar-refractivity contribution in [3.05, 3.63) is 22.2 Å². The van der Waals surface area contributed by atoms with Crippen molar-refractivity contribution in [1.82, 2.24) is 31.5 Å². The Morgan fingerprint density at radius 1 is 1.05 bits per heavy atom. The molecular weight excluding hydrogens is 278 g/mol. The first-order valence-electron chi connectivity index (χ1n) is 7.15. The van der Waals surface area contributed by atoms with Crippen LogP contribution in [0.15, 0.2) is 12.1 Å². The molecule has 0 radical (unpaired) electrons. The van der Waals surface area contributed by atoms with E-state index in [-0.39, 0.29) is 42.9 Å². The van der Waals surface area contributed by atoms with Crippen LogP contribution < -0.4 is 26.6 Å². The first-order valence-corrected chi connectivity index (χ1v) is 7.15. The first kappa shape index (κ1) is 14.5. The number of hydrogen-bond donors (Lipinski definition) is 5. The lowest BCUT2D eigenvalue weighted by molar-refractivity contribution is -0.406. The third kappa shape index (κ3) is 2.15. The summed E-state index contributed by atoms with van der Waals surface area (Å²) in [4.78, 5) is 12.1. The highest BCUT2D eigenvalue weighted by Gasteiger charge is 2.58. The number of rotatable bonds is 3. The van der Waals surface area contributed by atoms with Crippen molar-refractivity contribution in [3.8, 4) is 0 Å². The molecule has 6 atom stereocenters. The third-order valence-corrected chi connectivity index (χ3v) is 4.02. The van der Waals surface area contributed by atoms with Crippen LogP contribution in [0.2, 0.25) is 0 Å². The molecule has 5 heterocycles.